The Bertz CT molecular complexity index is 548. The summed E-state index contributed by atoms with van der Waals surface area (Å²) in [6, 6.07) is 4.74. The second kappa shape index (κ2) is 8.17. The van der Waals surface area contributed by atoms with Gasteiger partial charge in [0, 0.05) is 30.5 Å². The van der Waals surface area contributed by atoms with Gasteiger partial charge >= 0.3 is 0 Å². The maximum absolute atomic E-state index is 12.0. The van der Waals surface area contributed by atoms with Gasteiger partial charge in [0.15, 0.2) is 0 Å². The second-order valence-corrected chi connectivity index (χ2v) is 6.38. The fourth-order valence-corrected chi connectivity index (χ4v) is 2.89. The molecule has 1 aromatic carbocycles. The van der Waals surface area contributed by atoms with E-state index in [0.29, 0.717) is 25.9 Å². The maximum atomic E-state index is 12.0. The van der Waals surface area contributed by atoms with Gasteiger partial charge in [-0.15, -0.1) is 0 Å². The van der Waals surface area contributed by atoms with Crippen LogP contribution in [0.3, 0.4) is 0 Å². The standard InChI is InChI=1S/C16H21BrN2O3/c17-12-6-7-14(20)13(11-12)16(22)18-8-4-10-19-9-3-1-2-5-15(19)21/h6-7,11,20H,1-5,8-10H2,(H,18,22). The molecule has 5 nitrogen and oxygen atoms in total. The van der Waals surface area contributed by atoms with Gasteiger partial charge in [-0.25, -0.2) is 0 Å². The maximum Gasteiger partial charge on any atom is 0.255 e. The quantitative estimate of drug-likeness (QED) is 0.784. The molecule has 1 fully saturated rings. The van der Waals surface area contributed by atoms with Crippen molar-refractivity contribution >= 4 is 27.7 Å². The molecule has 0 unspecified atom stereocenters. The Labute approximate surface area is 138 Å². The van der Waals surface area contributed by atoms with Crippen molar-refractivity contribution < 1.29 is 14.7 Å². The van der Waals surface area contributed by atoms with Gasteiger partial charge in [-0.2, -0.15) is 0 Å². The van der Waals surface area contributed by atoms with E-state index in [1.54, 1.807) is 12.1 Å². The number of amides is 2. The van der Waals surface area contributed by atoms with E-state index in [9.17, 15) is 14.7 Å². The molecule has 1 aliphatic heterocycles. The monoisotopic (exact) mass is 368 g/mol. The average Bonchev–Trinajstić information content (AvgIpc) is 2.70. The number of phenolic OH excluding ortho intramolecular Hbond substituents is 1. The summed E-state index contributed by atoms with van der Waals surface area (Å²) in [5.74, 6) is -0.127. The van der Waals surface area contributed by atoms with E-state index >= 15 is 0 Å². The van der Waals surface area contributed by atoms with Gasteiger partial charge in [-0.05, 0) is 37.5 Å². The van der Waals surface area contributed by atoms with Crippen LogP contribution in [0.15, 0.2) is 22.7 Å². The smallest absolute Gasteiger partial charge is 0.255 e. The van der Waals surface area contributed by atoms with E-state index in [4.69, 9.17) is 0 Å². The number of benzene rings is 1. The normalized spacial score (nSPS) is 15.5. The van der Waals surface area contributed by atoms with Gasteiger partial charge in [0.1, 0.15) is 5.75 Å². The number of nitrogens with zero attached hydrogens (tertiary/aromatic N) is 1. The molecule has 0 radical (unpaired) electrons. The Morgan fingerprint density at radius 1 is 1.32 bits per heavy atom. The molecular formula is C16H21BrN2O3. The molecule has 0 atom stereocenters. The first-order valence-electron chi connectivity index (χ1n) is 7.62. The van der Waals surface area contributed by atoms with Gasteiger partial charge in [-0.3, -0.25) is 9.59 Å². The molecule has 0 saturated carbocycles. The molecule has 1 heterocycles. The molecule has 0 spiro atoms. The summed E-state index contributed by atoms with van der Waals surface area (Å²) in [7, 11) is 0. The highest BCUT2D eigenvalue weighted by Crippen LogP contribution is 2.21. The number of carbonyl (C=O) groups is 2. The summed E-state index contributed by atoms with van der Waals surface area (Å²) in [6.07, 6.45) is 4.50. The van der Waals surface area contributed by atoms with E-state index in [1.165, 1.54) is 6.07 Å². The molecule has 22 heavy (non-hydrogen) atoms. The number of hydrogen-bond acceptors (Lipinski definition) is 3. The second-order valence-electron chi connectivity index (χ2n) is 5.46. The molecule has 0 aromatic heterocycles. The van der Waals surface area contributed by atoms with Crippen LogP contribution in [-0.2, 0) is 4.79 Å². The lowest BCUT2D eigenvalue weighted by Gasteiger charge is -2.20. The minimum Gasteiger partial charge on any atom is -0.507 e. The van der Waals surface area contributed by atoms with Crippen LogP contribution in [0.5, 0.6) is 5.75 Å². The van der Waals surface area contributed by atoms with Crippen molar-refractivity contribution in [1.29, 1.82) is 0 Å². The first kappa shape index (κ1) is 16.8. The molecule has 0 aliphatic carbocycles. The number of likely N-dealkylation sites (tertiary alicyclic amines) is 1. The number of phenols is 1. The Morgan fingerprint density at radius 2 is 2.14 bits per heavy atom. The lowest BCUT2D eigenvalue weighted by molar-refractivity contribution is -0.130. The van der Waals surface area contributed by atoms with Crippen molar-refractivity contribution in [1.82, 2.24) is 10.2 Å². The highest BCUT2D eigenvalue weighted by Gasteiger charge is 2.16. The number of hydrogen-bond donors (Lipinski definition) is 2. The summed E-state index contributed by atoms with van der Waals surface area (Å²) in [5.41, 5.74) is 0.250. The Hall–Kier alpha value is -1.56. The minimum absolute atomic E-state index is 0.0385. The van der Waals surface area contributed by atoms with Crippen LogP contribution >= 0.6 is 15.9 Å². The molecule has 0 bridgehead atoms. The molecule has 2 N–H and O–H groups in total. The molecule has 1 saturated heterocycles. The van der Waals surface area contributed by atoms with Crippen molar-refractivity contribution in [2.75, 3.05) is 19.6 Å². The van der Waals surface area contributed by atoms with Crippen molar-refractivity contribution in [2.24, 2.45) is 0 Å². The van der Waals surface area contributed by atoms with Crippen LogP contribution in [-0.4, -0.2) is 41.5 Å². The molecule has 2 amide bonds. The first-order chi connectivity index (χ1) is 10.6. The average molecular weight is 369 g/mol. The highest BCUT2D eigenvalue weighted by atomic mass is 79.9. The van der Waals surface area contributed by atoms with Crippen molar-refractivity contribution in [2.45, 2.75) is 32.1 Å². The Balaban J connectivity index is 1.77. The first-order valence-corrected chi connectivity index (χ1v) is 8.42. The minimum atomic E-state index is -0.305. The largest absolute Gasteiger partial charge is 0.507 e. The van der Waals surface area contributed by atoms with Crippen LogP contribution in [0.2, 0.25) is 0 Å². The summed E-state index contributed by atoms with van der Waals surface area (Å²) < 4.78 is 0.741. The van der Waals surface area contributed by atoms with Crippen LogP contribution in [0.25, 0.3) is 0 Å². The molecule has 1 aromatic rings. The predicted octanol–water partition coefficient (Wildman–Crippen LogP) is 2.68. The van der Waals surface area contributed by atoms with Crippen molar-refractivity contribution in [3.63, 3.8) is 0 Å². The van der Waals surface area contributed by atoms with Gasteiger partial charge in [0.25, 0.3) is 5.91 Å². The molecule has 2 rings (SSSR count). The lowest BCUT2D eigenvalue weighted by atomic mass is 10.2. The third-order valence-corrected chi connectivity index (χ3v) is 4.26. The topological polar surface area (TPSA) is 69.6 Å². The molecule has 6 heteroatoms. The summed E-state index contributed by atoms with van der Waals surface area (Å²) in [5, 5.41) is 12.5. The summed E-state index contributed by atoms with van der Waals surface area (Å²) in [6.45, 7) is 1.97. The fourth-order valence-electron chi connectivity index (χ4n) is 2.53. The highest BCUT2D eigenvalue weighted by molar-refractivity contribution is 9.10. The van der Waals surface area contributed by atoms with E-state index < -0.39 is 0 Å². The fraction of sp³-hybridized carbons (Fsp3) is 0.500. The number of halogens is 1. The van der Waals surface area contributed by atoms with E-state index in [2.05, 4.69) is 21.2 Å². The summed E-state index contributed by atoms with van der Waals surface area (Å²) >= 11 is 3.28. The third kappa shape index (κ3) is 4.73. The predicted molar refractivity (Wildman–Crippen MR) is 87.8 cm³/mol. The lowest BCUT2D eigenvalue weighted by Crippen LogP contribution is -2.34. The Kier molecular flexibility index (Phi) is 6.24. The zero-order valence-electron chi connectivity index (χ0n) is 12.5. The van der Waals surface area contributed by atoms with Crippen LogP contribution in [0.4, 0.5) is 0 Å². The zero-order chi connectivity index (χ0) is 15.9. The van der Waals surface area contributed by atoms with E-state index in [0.717, 1.165) is 30.3 Å². The number of carbonyl (C=O) groups excluding carboxylic acids is 2. The molecule has 120 valence electrons. The van der Waals surface area contributed by atoms with Crippen LogP contribution in [0, 0.1) is 0 Å². The van der Waals surface area contributed by atoms with Crippen molar-refractivity contribution in [3.8, 4) is 5.75 Å². The number of rotatable bonds is 5. The molecular weight excluding hydrogens is 348 g/mol. The van der Waals surface area contributed by atoms with Crippen LogP contribution in [0.1, 0.15) is 42.5 Å². The number of nitrogens with one attached hydrogen (secondary N) is 1. The van der Waals surface area contributed by atoms with Gasteiger partial charge in [-0.1, -0.05) is 22.4 Å². The number of aromatic hydroxyl groups is 1. The van der Waals surface area contributed by atoms with Gasteiger partial charge in [0.05, 0.1) is 5.56 Å². The van der Waals surface area contributed by atoms with Gasteiger partial charge < -0.3 is 15.3 Å². The third-order valence-electron chi connectivity index (χ3n) is 3.76. The zero-order valence-corrected chi connectivity index (χ0v) is 14.1. The SMILES string of the molecule is O=C(NCCCN1CCCCCC1=O)c1cc(Br)ccc1O. The van der Waals surface area contributed by atoms with Crippen molar-refractivity contribution in [3.05, 3.63) is 28.2 Å². The molecule has 1 aliphatic rings. The summed E-state index contributed by atoms with van der Waals surface area (Å²) in [4.78, 5) is 25.7. The van der Waals surface area contributed by atoms with E-state index in [-0.39, 0.29) is 23.1 Å². The Morgan fingerprint density at radius 3 is 2.95 bits per heavy atom. The van der Waals surface area contributed by atoms with Gasteiger partial charge in [0.2, 0.25) is 5.91 Å². The van der Waals surface area contributed by atoms with E-state index in [1.807, 2.05) is 4.90 Å². The van der Waals surface area contributed by atoms with Crippen LogP contribution < -0.4 is 5.32 Å².